The second-order valence-electron chi connectivity index (χ2n) is 2.92. The van der Waals surface area contributed by atoms with Gasteiger partial charge in [0, 0.05) is 0 Å². The Morgan fingerprint density at radius 3 is 2.58 bits per heavy atom. The average Bonchev–Trinajstić information content (AvgIpc) is 2.33. The highest BCUT2D eigenvalue weighted by Gasteiger charge is 2.33. The Balaban J connectivity index is 2.52. The van der Waals surface area contributed by atoms with Crippen LogP contribution in [0.3, 0.4) is 0 Å². The fourth-order valence-electron chi connectivity index (χ4n) is 1.49. The minimum Gasteiger partial charge on any atom is -0.481 e. The van der Waals surface area contributed by atoms with Crippen LogP contribution in [0.25, 0.3) is 0 Å². The second-order valence-corrected chi connectivity index (χ2v) is 2.92. The number of carboxylic acids is 2. The van der Waals surface area contributed by atoms with Gasteiger partial charge in [0.2, 0.25) is 0 Å². The molecule has 3 N–H and O–H groups in total. The summed E-state index contributed by atoms with van der Waals surface area (Å²) in [6.45, 7) is 0.592. The monoisotopic (exact) mass is 173 g/mol. The predicted molar refractivity (Wildman–Crippen MR) is 39.8 cm³/mol. The molecule has 0 aliphatic carbocycles. The highest BCUT2D eigenvalue weighted by molar-refractivity contribution is 5.76. The molecule has 1 saturated heterocycles. The molecule has 0 aromatic heterocycles. The van der Waals surface area contributed by atoms with Crippen molar-refractivity contribution in [1.82, 2.24) is 5.32 Å². The number of hydrogen-bond acceptors (Lipinski definition) is 3. The van der Waals surface area contributed by atoms with Crippen molar-refractivity contribution in [2.24, 2.45) is 5.92 Å². The molecule has 68 valence electrons. The molecule has 5 nitrogen and oxygen atoms in total. The highest BCUT2D eigenvalue weighted by atomic mass is 16.4. The Kier molecular flexibility index (Phi) is 2.65. The summed E-state index contributed by atoms with van der Waals surface area (Å²) in [6.07, 6.45) is 0.563. The predicted octanol–water partition coefficient (Wildman–Crippen LogP) is -0.476. The van der Waals surface area contributed by atoms with Crippen molar-refractivity contribution in [1.29, 1.82) is 0 Å². The van der Waals surface area contributed by atoms with E-state index >= 15 is 0 Å². The van der Waals surface area contributed by atoms with E-state index in [-0.39, 0.29) is 12.3 Å². The third-order valence-corrected chi connectivity index (χ3v) is 2.05. The molecule has 0 saturated carbocycles. The third-order valence-electron chi connectivity index (χ3n) is 2.05. The highest BCUT2D eigenvalue weighted by Crippen LogP contribution is 2.19. The molecule has 0 radical (unpaired) electrons. The molecule has 1 fully saturated rings. The third kappa shape index (κ3) is 1.94. The van der Waals surface area contributed by atoms with Gasteiger partial charge in [-0.05, 0) is 18.9 Å². The normalized spacial score (nSPS) is 28.7. The molecule has 0 aromatic carbocycles. The standard InChI is InChI=1S/C7H11NO4/c9-5(10)3-4-1-2-8-6(4)7(11)12/h4,6,8H,1-3H2,(H,9,10)(H,11,12)/t4-,6-/m0/s1. The maximum atomic E-state index is 10.5. The van der Waals surface area contributed by atoms with Gasteiger partial charge in [0.15, 0.2) is 0 Å². The fourth-order valence-corrected chi connectivity index (χ4v) is 1.49. The lowest BCUT2D eigenvalue weighted by Crippen LogP contribution is -2.36. The molecule has 12 heavy (non-hydrogen) atoms. The van der Waals surface area contributed by atoms with Gasteiger partial charge < -0.3 is 15.5 Å². The van der Waals surface area contributed by atoms with E-state index in [4.69, 9.17) is 10.2 Å². The van der Waals surface area contributed by atoms with E-state index in [1.165, 1.54) is 0 Å². The molecule has 0 amide bonds. The smallest absolute Gasteiger partial charge is 0.320 e. The van der Waals surface area contributed by atoms with Gasteiger partial charge in [-0.3, -0.25) is 9.59 Å². The zero-order valence-electron chi connectivity index (χ0n) is 6.49. The van der Waals surface area contributed by atoms with Crippen LogP contribution in [0.2, 0.25) is 0 Å². The Morgan fingerprint density at radius 1 is 1.42 bits per heavy atom. The lowest BCUT2D eigenvalue weighted by atomic mass is 9.97. The summed E-state index contributed by atoms with van der Waals surface area (Å²) in [5.74, 6) is -2.16. The number of aliphatic carboxylic acids is 2. The molecule has 0 unspecified atom stereocenters. The molecule has 1 aliphatic heterocycles. The van der Waals surface area contributed by atoms with Crippen molar-refractivity contribution < 1.29 is 19.8 Å². The first-order valence-electron chi connectivity index (χ1n) is 3.79. The van der Waals surface area contributed by atoms with Crippen LogP contribution in [0.1, 0.15) is 12.8 Å². The van der Waals surface area contributed by atoms with Crippen LogP contribution >= 0.6 is 0 Å². The van der Waals surface area contributed by atoms with Crippen molar-refractivity contribution in [3.8, 4) is 0 Å². The number of nitrogens with one attached hydrogen (secondary N) is 1. The van der Waals surface area contributed by atoms with Gasteiger partial charge in [-0.25, -0.2) is 0 Å². The quantitative estimate of drug-likeness (QED) is 0.536. The number of hydrogen-bond donors (Lipinski definition) is 3. The molecule has 5 heteroatoms. The Hall–Kier alpha value is -1.10. The molecule has 1 aliphatic rings. The zero-order valence-corrected chi connectivity index (χ0v) is 6.49. The zero-order chi connectivity index (χ0) is 9.14. The summed E-state index contributed by atoms with van der Waals surface area (Å²) >= 11 is 0. The molecular weight excluding hydrogens is 162 g/mol. The Labute approximate surface area is 69.4 Å². The molecular formula is C7H11NO4. The fraction of sp³-hybridized carbons (Fsp3) is 0.714. The van der Waals surface area contributed by atoms with Crippen LogP contribution in [-0.2, 0) is 9.59 Å². The van der Waals surface area contributed by atoms with Crippen molar-refractivity contribution in [2.45, 2.75) is 18.9 Å². The summed E-state index contributed by atoms with van der Waals surface area (Å²) in [6, 6.07) is -0.680. The van der Waals surface area contributed by atoms with Gasteiger partial charge in [0.05, 0.1) is 6.42 Å². The van der Waals surface area contributed by atoms with Crippen molar-refractivity contribution >= 4 is 11.9 Å². The van der Waals surface area contributed by atoms with E-state index in [1.807, 2.05) is 0 Å². The van der Waals surface area contributed by atoms with Crippen LogP contribution in [0.4, 0.5) is 0 Å². The van der Waals surface area contributed by atoms with Crippen molar-refractivity contribution in [3.05, 3.63) is 0 Å². The van der Waals surface area contributed by atoms with Gasteiger partial charge in [-0.1, -0.05) is 0 Å². The first kappa shape index (κ1) is 8.99. The topological polar surface area (TPSA) is 86.6 Å². The first-order chi connectivity index (χ1) is 5.61. The molecule has 0 bridgehead atoms. The molecule has 1 rings (SSSR count). The van der Waals surface area contributed by atoms with Gasteiger partial charge in [0.25, 0.3) is 0 Å². The van der Waals surface area contributed by atoms with Gasteiger partial charge in [-0.15, -0.1) is 0 Å². The Morgan fingerprint density at radius 2 is 2.08 bits per heavy atom. The molecule has 2 atom stereocenters. The van der Waals surface area contributed by atoms with Crippen molar-refractivity contribution in [2.75, 3.05) is 6.54 Å². The summed E-state index contributed by atoms with van der Waals surface area (Å²) in [4.78, 5) is 20.8. The van der Waals surface area contributed by atoms with Crippen LogP contribution in [-0.4, -0.2) is 34.7 Å². The molecule has 0 aromatic rings. The van der Waals surface area contributed by atoms with E-state index < -0.39 is 18.0 Å². The largest absolute Gasteiger partial charge is 0.481 e. The van der Waals surface area contributed by atoms with E-state index in [9.17, 15) is 9.59 Å². The van der Waals surface area contributed by atoms with Crippen LogP contribution in [0, 0.1) is 5.92 Å². The second kappa shape index (κ2) is 3.53. The van der Waals surface area contributed by atoms with E-state index in [0.717, 1.165) is 0 Å². The van der Waals surface area contributed by atoms with Gasteiger partial charge in [0.1, 0.15) is 6.04 Å². The van der Waals surface area contributed by atoms with Crippen LogP contribution < -0.4 is 5.32 Å². The minimum atomic E-state index is -0.959. The lowest BCUT2D eigenvalue weighted by molar-refractivity contribution is -0.141. The maximum Gasteiger partial charge on any atom is 0.320 e. The van der Waals surface area contributed by atoms with Crippen molar-refractivity contribution in [3.63, 3.8) is 0 Å². The molecule has 0 spiro atoms. The average molecular weight is 173 g/mol. The summed E-state index contributed by atoms with van der Waals surface area (Å²) in [5.41, 5.74) is 0. The van der Waals surface area contributed by atoms with Crippen LogP contribution in [0.5, 0.6) is 0 Å². The maximum absolute atomic E-state index is 10.5. The van der Waals surface area contributed by atoms with E-state index in [0.29, 0.717) is 13.0 Å². The summed E-state index contributed by atoms with van der Waals surface area (Å²) < 4.78 is 0. The molecule has 1 heterocycles. The Bertz CT molecular complexity index is 204. The van der Waals surface area contributed by atoms with Gasteiger partial charge >= 0.3 is 11.9 Å². The number of carbonyl (C=O) groups is 2. The van der Waals surface area contributed by atoms with Gasteiger partial charge in [-0.2, -0.15) is 0 Å². The summed E-state index contributed by atoms with van der Waals surface area (Å²) in [7, 11) is 0. The summed E-state index contributed by atoms with van der Waals surface area (Å²) in [5, 5.41) is 19.8. The first-order valence-corrected chi connectivity index (χ1v) is 3.79. The van der Waals surface area contributed by atoms with E-state index in [1.54, 1.807) is 0 Å². The van der Waals surface area contributed by atoms with E-state index in [2.05, 4.69) is 5.32 Å². The number of rotatable bonds is 3. The minimum absolute atomic E-state index is 0.0655. The lowest BCUT2D eigenvalue weighted by Gasteiger charge is -2.12. The van der Waals surface area contributed by atoms with Crippen LogP contribution in [0.15, 0.2) is 0 Å². The SMILES string of the molecule is O=C(O)C[C@@H]1CCN[C@@H]1C(=O)O. The number of carboxylic acid groups (broad SMARTS) is 2.